The number of nitrogens with one attached hydrogen (secondary N) is 1. The van der Waals surface area contributed by atoms with Gasteiger partial charge in [-0.1, -0.05) is 18.2 Å². The van der Waals surface area contributed by atoms with Crippen LogP contribution in [-0.2, 0) is 0 Å². The van der Waals surface area contributed by atoms with Crippen LogP contribution in [-0.4, -0.2) is 17.1 Å². The van der Waals surface area contributed by atoms with Crippen molar-refractivity contribution in [3.63, 3.8) is 0 Å². The third-order valence-electron chi connectivity index (χ3n) is 3.86. The zero-order chi connectivity index (χ0) is 11.0. The van der Waals surface area contributed by atoms with E-state index in [0.29, 0.717) is 12.2 Å². The third-order valence-corrected chi connectivity index (χ3v) is 3.86. The summed E-state index contributed by atoms with van der Waals surface area (Å²) in [6, 6.07) is 0.697. The molecule has 2 unspecified atom stereocenters. The molecule has 16 heavy (non-hydrogen) atoms. The Balaban J connectivity index is 1.85. The zero-order valence-corrected chi connectivity index (χ0v) is 9.95. The Bertz CT molecular complexity index is 365. The molecular formula is C14H20N2. The molecular weight excluding hydrogens is 196 g/mol. The molecule has 2 atom stereocenters. The first kappa shape index (κ1) is 10.0. The minimum atomic E-state index is 0.476. The summed E-state index contributed by atoms with van der Waals surface area (Å²) in [6.07, 6.45) is 15.9. The lowest BCUT2D eigenvalue weighted by atomic mass is 9.98. The first-order chi connectivity index (χ1) is 7.86. The second-order valence-electron chi connectivity index (χ2n) is 4.97. The summed E-state index contributed by atoms with van der Waals surface area (Å²) in [5.41, 5.74) is 2.92. The maximum Gasteiger partial charge on any atom is 0.0962 e. The lowest BCUT2D eigenvalue weighted by Crippen LogP contribution is -2.42. The van der Waals surface area contributed by atoms with Crippen LogP contribution in [0.15, 0.2) is 35.7 Å². The van der Waals surface area contributed by atoms with Crippen LogP contribution in [0.5, 0.6) is 0 Å². The van der Waals surface area contributed by atoms with Crippen molar-refractivity contribution in [3.8, 4) is 0 Å². The lowest BCUT2D eigenvalue weighted by Gasteiger charge is -2.35. The highest BCUT2D eigenvalue weighted by atomic mass is 15.3. The van der Waals surface area contributed by atoms with Crippen molar-refractivity contribution in [1.82, 2.24) is 10.2 Å². The highest BCUT2D eigenvalue weighted by molar-refractivity contribution is 5.33. The van der Waals surface area contributed by atoms with Gasteiger partial charge in [0.05, 0.1) is 11.9 Å². The van der Waals surface area contributed by atoms with Gasteiger partial charge in [-0.05, 0) is 45.1 Å². The maximum atomic E-state index is 3.63. The smallest absolute Gasteiger partial charge is 0.0962 e. The quantitative estimate of drug-likeness (QED) is 0.678. The van der Waals surface area contributed by atoms with Gasteiger partial charge in [-0.15, -0.1) is 0 Å². The molecule has 0 fully saturated rings. The van der Waals surface area contributed by atoms with E-state index < -0.39 is 0 Å². The number of rotatable bonds is 1. The highest BCUT2D eigenvalue weighted by Crippen LogP contribution is 2.33. The molecule has 0 saturated heterocycles. The Morgan fingerprint density at radius 3 is 3.00 bits per heavy atom. The molecule has 0 spiro atoms. The van der Waals surface area contributed by atoms with Crippen LogP contribution in [0, 0.1) is 0 Å². The molecule has 0 radical (unpaired) electrons. The molecule has 3 aliphatic rings. The summed E-state index contributed by atoms with van der Waals surface area (Å²) >= 11 is 0. The van der Waals surface area contributed by atoms with Crippen LogP contribution in [0.25, 0.3) is 0 Å². The zero-order valence-electron chi connectivity index (χ0n) is 9.95. The van der Waals surface area contributed by atoms with Gasteiger partial charge in [-0.25, -0.2) is 0 Å². The predicted octanol–water partition coefficient (Wildman–Crippen LogP) is 2.91. The summed E-state index contributed by atoms with van der Waals surface area (Å²) in [7, 11) is 0. The third kappa shape index (κ3) is 1.57. The fourth-order valence-corrected chi connectivity index (χ4v) is 3.11. The molecule has 0 bridgehead atoms. The second kappa shape index (κ2) is 4.00. The van der Waals surface area contributed by atoms with Gasteiger partial charge < -0.3 is 10.2 Å². The molecule has 1 heterocycles. The average molecular weight is 216 g/mol. The van der Waals surface area contributed by atoms with Gasteiger partial charge in [0, 0.05) is 11.7 Å². The summed E-state index contributed by atoms with van der Waals surface area (Å²) in [4.78, 5) is 2.59. The van der Waals surface area contributed by atoms with Crippen molar-refractivity contribution >= 4 is 0 Å². The molecule has 2 heteroatoms. The summed E-state index contributed by atoms with van der Waals surface area (Å²) in [6.45, 7) is 2.28. The van der Waals surface area contributed by atoms with Gasteiger partial charge in [-0.3, -0.25) is 0 Å². The normalized spacial score (nSPS) is 32.9. The molecule has 0 aromatic carbocycles. The Labute approximate surface area is 97.7 Å². The molecule has 86 valence electrons. The van der Waals surface area contributed by atoms with E-state index in [1.54, 1.807) is 0 Å². The van der Waals surface area contributed by atoms with Gasteiger partial charge in [0.25, 0.3) is 0 Å². The molecule has 2 nitrogen and oxygen atoms in total. The standard InChI is InChI=1S/C14H20N2/c1-11-15-13-9-5-6-10-14(13)16(11)12-7-3-2-4-8-12/h2-3,6,10-12,15H,4-5,7-9H2,1H3. The molecule has 3 rings (SSSR count). The summed E-state index contributed by atoms with van der Waals surface area (Å²) < 4.78 is 0. The van der Waals surface area contributed by atoms with Crippen molar-refractivity contribution in [2.24, 2.45) is 0 Å². The van der Waals surface area contributed by atoms with Crippen molar-refractivity contribution in [3.05, 3.63) is 35.7 Å². The average Bonchev–Trinajstić information content (AvgIpc) is 2.66. The lowest BCUT2D eigenvalue weighted by molar-refractivity contribution is 0.195. The van der Waals surface area contributed by atoms with E-state index >= 15 is 0 Å². The Morgan fingerprint density at radius 1 is 1.25 bits per heavy atom. The van der Waals surface area contributed by atoms with E-state index in [9.17, 15) is 0 Å². The Hall–Kier alpha value is -1.18. The molecule has 1 N–H and O–H groups in total. The monoisotopic (exact) mass is 216 g/mol. The highest BCUT2D eigenvalue weighted by Gasteiger charge is 2.32. The van der Waals surface area contributed by atoms with E-state index in [0.717, 1.165) is 0 Å². The number of hydrogen-bond acceptors (Lipinski definition) is 2. The largest absolute Gasteiger partial charge is 0.367 e. The minimum Gasteiger partial charge on any atom is -0.367 e. The van der Waals surface area contributed by atoms with Gasteiger partial charge in [0.15, 0.2) is 0 Å². The van der Waals surface area contributed by atoms with Crippen molar-refractivity contribution in [2.75, 3.05) is 0 Å². The second-order valence-corrected chi connectivity index (χ2v) is 4.97. The van der Waals surface area contributed by atoms with Crippen LogP contribution >= 0.6 is 0 Å². The fraction of sp³-hybridized carbons (Fsp3) is 0.571. The van der Waals surface area contributed by atoms with Crippen LogP contribution < -0.4 is 5.32 Å². The van der Waals surface area contributed by atoms with Crippen LogP contribution in [0.1, 0.15) is 39.0 Å². The van der Waals surface area contributed by atoms with E-state index in [2.05, 4.69) is 41.4 Å². The van der Waals surface area contributed by atoms with E-state index in [1.165, 1.54) is 43.5 Å². The number of hydrogen-bond donors (Lipinski definition) is 1. The van der Waals surface area contributed by atoms with Crippen LogP contribution in [0.4, 0.5) is 0 Å². The van der Waals surface area contributed by atoms with Crippen LogP contribution in [0.2, 0.25) is 0 Å². The maximum absolute atomic E-state index is 3.63. The SMILES string of the molecule is CC1NC2=C(C=CCC2)N1C1CC=CCC1. The molecule has 0 aromatic heterocycles. The Morgan fingerprint density at radius 2 is 2.19 bits per heavy atom. The van der Waals surface area contributed by atoms with Gasteiger partial charge in [0.2, 0.25) is 0 Å². The predicted molar refractivity (Wildman–Crippen MR) is 66.6 cm³/mol. The topological polar surface area (TPSA) is 15.3 Å². The van der Waals surface area contributed by atoms with Crippen LogP contribution in [0.3, 0.4) is 0 Å². The van der Waals surface area contributed by atoms with Gasteiger partial charge >= 0.3 is 0 Å². The van der Waals surface area contributed by atoms with Gasteiger partial charge in [0.1, 0.15) is 0 Å². The van der Waals surface area contributed by atoms with E-state index in [-0.39, 0.29) is 0 Å². The molecule has 0 aromatic rings. The van der Waals surface area contributed by atoms with Crippen molar-refractivity contribution in [2.45, 2.75) is 51.2 Å². The number of nitrogens with zero attached hydrogens (tertiary/aromatic N) is 1. The van der Waals surface area contributed by atoms with Crippen molar-refractivity contribution in [1.29, 1.82) is 0 Å². The molecule has 0 amide bonds. The fourth-order valence-electron chi connectivity index (χ4n) is 3.11. The van der Waals surface area contributed by atoms with Crippen molar-refractivity contribution < 1.29 is 0 Å². The van der Waals surface area contributed by atoms with Gasteiger partial charge in [-0.2, -0.15) is 0 Å². The molecule has 0 saturated carbocycles. The first-order valence-corrected chi connectivity index (χ1v) is 6.46. The van der Waals surface area contributed by atoms with E-state index in [4.69, 9.17) is 0 Å². The molecule has 1 aliphatic heterocycles. The Kier molecular flexibility index (Phi) is 2.50. The van der Waals surface area contributed by atoms with E-state index in [1.807, 2.05) is 0 Å². The number of allylic oxidation sites excluding steroid dienone is 4. The minimum absolute atomic E-state index is 0.476. The summed E-state index contributed by atoms with van der Waals surface area (Å²) in [5, 5.41) is 3.63. The molecule has 2 aliphatic carbocycles. The summed E-state index contributed by atoms with van der Waals surface area (Å²) in [5.74, 6) is 0. The first-order valence-electron chi connectivity index (χ1n) is 6.46.